The van der Waals surface area contributed by atoms with Crippen LogP contribution < -0.4 is 10.6 Å². The summed E-state index contributed by atoms with van der Waals surface area (Å²) in [5.74, 6) is -0.149. The summed E-state index contributed by atoms with van der Waals surface area (Å²) in [7, 11) is 0. The lowest BCUT2D eigenvalue weighted by Gasteiger charge is -2.10. The molecule has 0 spiro atoms. The number of nitrogens with one attached hydrogen (secondary N) is 2. The molecule has 0 saturated carbocycles. The first-order chi connectivity index (χ1) is 8.70. The second-order valence-corrected chi connectivity index (χ2v) is 3.80. The molecule has 0 bridgehead atoms. The number of ether oxygens (including phenoxy) is 2. The molecular formula is C12H25FN2O3. The Morgan fingerprint density at radius 3 is 2.61 bits per heavy atom. The van der Waals surface area contributed by atoms with Gasteiger partial charge in [-0.25, -0.2) is 4.39 Å². The van der Waals surface area contributed by atoms with Gasteiger partial charge in [-0.1, -0.05) is 13.8 Å². The highest BCUT2D eigenvalue weighted by Crippen LogP contribution is 1.91. The third kappa shape index (κ3) is 11.8. The Balaban J connectivity index is 3.20. The van der Waals surface area contributed by atoms with Gasteiger partial charge in [0, 0.05) is 13.0 Å². The quantitative estimate of drug-likeness (QED) is 0.504. The number of amides is 1. The van der Waals surface area contributed by atoms with E-state index in [1.165, 1.54) is 0 Å². The number of hydrogen-bond donors (Lipinski definition) is 2. The predicted octanol–water partition coefficient (Wildman–Crippen LogP) is 0.493. The lowest BCUT2D eigenvalue weighted by molar-refractivity contribution is -0.121. The van der Waals surface area contributed by atoms with Gasteiger partial charge in [0.2, 0.25) is 5.91 Å². The molecule has 0 aliphatic rings. The zero-order valence-electron chi connectivity index (χ0n) is 11.3. The van der Waals surface area contributed by atoms with Gasteiger partial charge in [0.15, 0.2) is 0 Å². The minimum absolute atomic E-state index is 0.00789. The van der Waals surface area contributed by atoms with E-state index in [4.69, 9.17) is 9.47 Å². The van der Waals surface area contributed by atoms with Crippen LogP contribution in [0.4, 0.5) is 4.39 Å². The van der Waals surface area contributed by atoms with Crippen molar-refractivity contribution in [1.82, 2.24) is 10.6 Å². The van der Waals surface area contributed by atoms with Crippen LogP contribution in [0.15, 0.2) is 0 Å². The maximum Gasteiger partial charge on any atom is 0.219 e. The van der Waals surface area contributed by atoms with E-state index < -0.39 is 6.17 Å². The van der Waals surface area contributed by atoms with E-state index >= 15 is 0 Å². The second kappa shape index (κ2) is 12.7. The van der Waals surface area contributed by atoms with Gasteiger partial charge >= 0.3 is 0 Å². The summed E-state index contributed by atoms with van der Waals surface area (Å²) in [6, 6.07) is 0. The van der Waals surface area contributed by atoms with Crippen LogP contribution in [0.25, 0.3) is 0 Å². The highest BCUT2D eigenvalue weighted by molar-refractivity contribution is 5.75. The monoisotopic (exact) mass is 264 g/mol. The Hall–Kier alpha value is -0.720. The molecule has 0 aromatic heterocycles. The molecule has 0 aliphatic carbocycles. The van der Waals surface area contributed by atoms with Crippen molar-refractivity contribution in [2.45, 2.75) is 26.4 Å². The molecule has 0 aromatic rings. The highest BCUT2D eigenvalue weighted by Gasteiger charge is 2.07. The maximum atomic E-state index is 13.2. The standard InChI is InChI=1S/C12H25FN2O3/c1-3-12(16)15-9-11(13)10-18-8-7-17-6-5-14-4-2/h11,14H,3-10H2,1-2H3,(H,15,16). The third-order valence-electron chi connectivity index (χ3n) is 2.19. The van der Waals surface area contributed by atoms with Crippen molar-refractivity contribution in [2.75, 3.05) is 46.1 Å². The lowest BCUT2D eigenvalue weighted by atomic mass is 10.4. The minimum Gasteiger partial charge on any atom is -0.378 e. The third-order valence-corrected chi connectivity index (χ3v) is 2.19. The summed E-state index contributed by atoms with van der Waals surface area (Å²) in [5.41, 5.74) is 0. The first kappa shape index (κ1) is 17.3. The Labute approximate surface area is 108 Å². The van der Waals surface area contributed by atoms with Gasteiger partial charge < -0.3 is 20.1 Å². The second-order valence-electron chi connectivity index (χ2n) is 3.80. The normalized spacial score (nSPS) is 12.4. The Kier molecular flexibility index (Phi) is 12.2. The molecule has 18 heavy (non-hydrogen) atoms. The molecule has 108 valence electrons. The van der Waals surface area contributed by atoms with Gasteiger partial charge in [-0.15, -0.1) is 0 Å². The van der Waals surface area contributed by atoms with E-state index in [9.17, 15) is 9.18 Å². The van der Waals surface area contributed by atoms with Crippen LogP contribution in [-0.2, 0) is 14.3 Å². The van der Waals surface area contributed by atoms with Crippen molar-refractivity contribution in [3.05, 3.63) is 0 Å². The SMILES string of the molecule is CCNCCOCCOCC(F)CNC(=O)CC. The van der Waals surface area contributed by atoms with Crippen molar-refractivity contribution in [3.8, 4) is 0 Å². The molecule has 0 aromatic carbocycles. The number of alkyl halides is 1. The van der Waals surface area contributed by atoms with Crippen LogP contribution in [0.5, 0.6) is 0 Å². The fraction of sp³-hybridized carbons (Fsp3) is 0.917. The van der Waals surface area contributed by atoms with Crippen LogP contribution >= 0.6 is 0 Å². The van der Waals surface area contributed by atoms with Crippen molar-refractivity contribution in [2.24, 2.45) is 0 Å². The van der Waals surface area contributed by atoms with Crippen molar-refractivity contribution in [1.29, 1.82) is 0 Å². The number of halogens is 1. The van der Waals surface area contributed by atoms with E-state index in [0.717, 1.165) is 13.1 Å². The molecule has 1 unspecified atom stereocenters. The predicted molar refractivity (Wildman–Crippen MR) is 68.4 cm³/mol. The van der Waals surface area contributed by atoms with Crippen molar-refractivity contribution >= 4 is 5.91 Å². The Morgan fingerprint density at radius 1 is 1.22 bits per heavy atom. The van der Waals surface area contributed by atoms with Crippen LogP contribution in [0.3, 0.4) is 0 Å². The largest absolute Gasteiger partial charge is 0.378 e. The van der Waals surface area contributed by atoms with E-state index in [-0.39, 0.29) is 19.1 Å². The molecule has 0 radical (unpaired) electrons. The van der Waals surface area contributed by atoms with Crippen LogP contribution in [0.1, 0.15) is 20.3 Å². The summed E-state index contributed by atoms with van der Waals surface area (Å²) in [6.07, 6.45) is -0.796. The number of carbonyl (C=O) groups excluding carboxylic acids is 1. The van der Waals surface area contributed by atoms with Gasteiger partial charge in [-0.2, -0.15) is 0 Å². The van der Waals surface area contributed by atoms with Crippen molar-refractivity contribution in [3.63, 3.8) is 0 Å². The molecule has 5 nitrogen and oxygen atoms in total. The van der Waals surface area contributed by atoms with E-state index in [1.807, 2.05) is 6.92 Å². The highest BCUT2D eigenvalue weighted by atomic mass is 19.1. The summed E-state index contributed by atoms with van der Waals surface area (Å²) >= 11 is 0. The fourth-order valence-corrected chi connectivity index (χ4v) is 1.16. The summed E-state index contributed by atoms with van der Waals surface area (Å²) in [6.45, 7) is 6.94. The van der Waals surface area contributed by atoms with Crippen molar-refractivity contribution < 1.29 is 18.7 Å². The molecule has 0 aliphatic heterocycles. The molecule has 1 atom stereocenters. The van der Waals surface area contributed by atoms with E-state index in [2.05, 4.69) is 10.6 Å². The fourth-order valence-electron chi connectivity index (χ4n) is 1.16. The molecule has 2 N–H and O–H groups in total. The van der Waals surface area contributed by atoms with E-state index in [0.29, 0.717) is 26.2 Å². The number of hydrogen-bond acceptors (Lipinski definition) is 4. The van der Waals surface area contributed by atoms with Crippen LogP contribution in [-0.4, -0.2) is 58.1 Å². The summed E-state index contributed by atoms with van der Waals surface area (Å²) in [4.78, 5) is 10.9. The van der Waals surface area contributed by atoms with Crippen LogP contribution in [0.2, 0.25) is 0 Å². The zero-order chi connectivity index (χ0) is 13.6. The lowest BCUT2D eigenvalue weighted by Crippen LogP contribution is -2.32. The first-order valence-corrected chi connectivity index (χ1v) is 6.47. The average Bonchev–Trinajstić information content (AvgIpc) is 2.39. The molecule has 0 rings (SSSR count). The van der Waals surface area contributed by atoms with Gasteiger partial charge in [0.05, 0.1) is 33.0 Å². The minimum atomic E-state index is -1.16. The van der Waals surface area contributed by atoms with E-state index in [1.54, 1.807) is 6.92 Å². The van der Waals surface area contributed by atoms with Gasteiger partial charge in [-0.05, 0) is 6.54 Å². The smallest absolute Gasteiger partial charge is 0.219 e. The first-order valence-electron chi connectivity index (χ1n) is 6.47. The van der Waals surface area contributed by atoms with Gasteiger partial charge in [0.25, 0.3) is 0 Å². The number of rotatable bonds is 12. The van der Waals surface area contributed by atoms with Gasteiger partial charge in [0.1, 0.15) is 6.17 Å². The Morgan fingerprint density at radius 2 is 1.94 bits per heavy atom. The molecule has 0 saturated heterocycles. The number of likely N-dealkylation sites (N-methyl/N-ethyl adjacent to an activating group) is 1. The molecule has 0 heterocycles. The summed E-state index contributed by atoms with van der Waals surface area (Å²) in [5, 5.41) is 5.60. The molecule has 0 fully saturated rings. The van der Waals surface area contributed by atoms with Crippen LogP contribution in [0, 0.1) is 0 Å². The molecule has 1 amide bonds. The Bertz CT molecular complexity index is 206. The topological polar surface area (TPSA) is 59.6 Å². The van der Waals surface area contributed by atoms with Gasteiger partial charge in [-0.3, -0.25) is 4.79 Å². The maximum absolute atomic E-state index is 13.2. The molecule has 6 heteroatoms. The molecular weight excluding hydrogens is 239 g/mol. The average molecular weight is 264 g/mol. The zero-order valence-corrected chi connectivity index (χ0v) is 11.3. The number of carbonyl (C=O) groups is 1. The summed E-state index contributed by atoms with van der Waals surface area (Å²) < 4.78 is 23.5.